The van der Waals surface area contributed by atoms with Crippen LogP contribution in [-0.4, -0.2) is 53.0 Å². The number of aliphatic hydroxyl groups is 1. The van der Waals surface area contributed by atoms with Crippen LogP contribution in [-0.2, 0) is 11.3 Å². The molecule has 1 fully saturated rings. The van der Waals surface area contributed by atoms with Gasteiger partial charge in [-0.1, -0.05) is 28.9 Å². The fourth-order valence-corrected chi connectivity index (χ4v) is 2.56. The fourth-order valence-electron chi connectivity index (χ4n) is 2.32. The number of ether oxygens (including phenoxy) is 1. The van der Waals surface area contributed by atoms with Crippen LogP contribution in [0.2, 0.25) is 5.02 Å². The predicted molar refractivity (Wildman–Crippen MR) is 80.7 cm³/mol. The van der Waals surface area contributed by atoms with Crippen LogP contribution in [0.1, 0.15) is 18.1 Å². The van der Waals surface area contributed by atoms with E-state index in [1.807, 2.05) is 6.07 Å². The zero-order valence-corrected chi connectivity index (χ0v) is 12.6. The molecule has 2 atom stereocenters. The highest BCUT2D eigenvalue weighted by Gasteiger charge is 2.26. The number of aliphatic hydroxyl groups excluding tert-OH is 1. The van der Waals surface area contributed by atoms with E-state index in [1.165, 1.54) is 0 Å². The number of rotatable bonds is 4. The van der Waals surface area contributed by atoms with Crippen molar-refractivity contribution in [2.45, 2.75) is 25.6 Å². The Morgan fingerprint density at radius 1 is 1.57 bits per heavy atom. The SMILES string of the molecule is CC1COC(CO)CN1Cc1ccc(/C(N)=N/O)cc1Cl. The second kappa shape index (κ2) is 7.09. The number of morpholine rings is 1. The molecular formula is C14H20ClN3O3. The van der Waals surface area contributed by atoms with Crippen molar-refractivity contribution >= 4 is 17.4 Å². The number of amidine groups is 1. The number of nitrogens with zero attached hydrogens (tertiary/aromatic N) is 2. The summed E-state index contributed by atoms with van der Waals surface area (Å²) in [6.07, 6.45) is -0.156. The third kappa shape index (κ3) is 3.85. The topological polar surface area (TPSA) is 91.3 Å². The van der Waals surface area contributed by atoms with Gasteiger partial charge in [-0.05, 0) is 18.6 Å². The molecule has 21 heavy (non-hydrogen) atoms. The van der Waals surface area contributed by atoms with E-state index in [0.717, 1.165) is 5.56 Å². The smallest absolute Gasteiger partial charge is 0.170 e. The molecule has 7 heteroatoms. The van der Waals surface area contributed by atoms with Crippen molar-refractivity contribution in [2.24, 2.45) is 10.9 Å². The summed E-state index contributed by atoms with van der Waals surface area (Å²) in [7, 11) is 0. The van der Waals surface area contributed by atoms with E-state index in [9.17, 15) is 5.11 Å². The van der Waals surface area contributed by atoms with Gasteiger partial charge in [0.1, 0.15) is 0 Å². The Labute approximate surface area is 128 Å². The van der Waals surface area contributed by atoms with Crippen LogP contribution in [0, 0.1) is 0 Å². The van der Waals surface area contributed by atoms with E-state index in [1.54, 1.807) is 12.1 Å². The van der Waals surface area contributed by atoms with Gasteiger partial charge in [-0.25, -0.2) is 0 Å². The Morgan fingerprint density at radius 2 is 2.33 bits per heavy atom. The van der Waals surface area contributed by atoms with Gasteiger partial charge in [-0.2, -0.15) is 0 Å². The summed E-state index contributed by atoms with van der Waals surface area (Å²) in [4.78, 5) is 2.22. The number of benzene rings is 1. The first-order chi connectivity index (χ1) is 10.0. The average molecular weight is 314 g/mol. The molecule has 1 heterocycles. The molecule has 6 nitrogen and oxygen atoms in total. The lowest BCUT2D eigenvalue weighted by Gasteiger charge is -2.37. The first-order valence-corrected chi connectivity index (χ1v) is 7.15. The van der Waals surface area contributed by atoms with Crippen molar-refractivity contribution in [3.05, 3.63) is 34.3 Å². The fraction of sp³-hybridized carbons (Fsp3) is 0.500. The highest BCUT2D eigenvalue weighted by Crippen LogP contribution is 2.22. The first-order valence-electron chi connectivity index (χ1n) is 6.78. The highest BCUT2D eigenvalue weighted by molar-refractivity contribution is 6.31. The number of halogens is 1. The normalized spacial score (nSPS) is 24.2. The van der Waals surface area contributed by atoms with E-state index in [0.29, 0.717) is 30.3 Å². The summed E-state index contributed by atoms with van der Waals surface area (Å²) in [5, 5.41) is 21.4. The molecule has 4 N–H and O–H groups in total. The minimum atomic E-state index is -0.156. The van der Waals surface area contributed by atoms with Crippen LogP contribution < -0.4 is 5.73 Å². The molecule has 1 aliphatic heterocycles. The zero-order chi connectivity index (χ0) is 15.4. The summed E-state index contributed by atoms with van der Waals surface area (Å²) in [6, 6.07) is 5.57. The maximum atomic E-state index is 9.21. The van der Waals surface area contributed by atoms with Crippen molar-refractivity contribution in [3.8, 4) is 0 Å². The molecular weight excluding hydrogens is 294 g/mol. The third-order valence-corrected chi connectivity index (χ3v) is 4.02. The van der Waals surface area contributed by atoms with Crippen LogP contribution in [0.15, 0.2) is 23.4 Å². The largest absolute Gasteiger partial charge is 0.409 e. The second-order valence-corrected chi connectivity index (χ2v) is 5.62. The number of oxime groups is 1. The minimum absolute atomic E-state index is 0.0133. The third-order valence-electron chi connectivity index (χ3n) is 3.67. The number of hydrogen-bond donors (Lipinski definition) is 3. The van der Waals surface area contributed by atoms with Gasteiger partial charge in [0.2, 0.25) is 0 Å². The molecule has 0 radical (unpaired) electrons. The summed E-state index contributed by atoms with van der Waals surface area (Å²) < 4.78 is 5.52. The molecule has 116 valence electrons. The molecule has 2 rings (SSSR count). The Balaban J connectivity index is 2.12. The van der Waals surface area contributed by atoms with E-state index in [4.69, 9.17) is 27.3 Å². The van der Waals surface area contributed by atoms with Crippen molar-refractivity contribution < 1.29 is 15.1 Å². The number of nitrogens with two attached hydrogens (primary N) is 1. The standard InChI is InChI=1S/C14H20ClN3O3/c1-9-8-21-12(7-19)6-18(9)5-11-3-2-10(4-13(11)15)14(16)17-20/h2-4,9,12,19-20H,5-8H2,1H3,(H2,16,17). The van der Waals surface area contributed by atoms with Crippen molar-refractivity contribution in [1.82, 2.24) is 4.90 Å². The van der Waals surface area contributed by atoms with E-state index < -0.39 is 0 Å². The lowest BCUT2D eigenvalue weighted by Crippen LogP contribution is -2.48. The van der Waals surface area contributed by atoms with E-state index >= 15 is 0 Å². The zero-order valence-electron chi connectivity index (χ0n) is 11.9. The van der Waals surface area contributed by atoms with Gasteiger partial charge in [-0.15, -0.1) is 0 Å². The molecule has 0 saturated carbocycles. The predicted octanol–water partition coefficient (Wildman–Crippen LogP) is 1.02. The summed E-state index contributed by atoms with van der Waals surface area (Å²) in [5.74, 6) is 0.0311. The Kier molecular flexibility index (Phi) is 5.41. The molecule has 1 aromatic rings. The first kappa shape index (κ1) is 16.0. The lowest BCUT2D eigenvalue weighted by atomic mass is 10.1. The molecule has 0 aromatic heterocycles. The van der Waals surface area contributed by atoms with E-state index in [-0.39, 0.29) is 24.6 Å². The monoisotopic (exact) mass is 313 g/mol. The molecule has 2 unspecified atom stereocenters. The second-order valence-electron chi connectivity index (χ2n) is 5.21. The highest BCUT2D eigenvalue weighted by atomic mass is 35.5. The van der Waals surface area contributed by atoms with Crippen LogP contribution >= 0.6 is 11.6 Å². The van der Waals surface area contributed by atoms with Crippen LogP contribution in [0.3, 0.4) is 0 Å². The minimum Gasteiger partial charge on any atom is -0.409 e. The summed E-state index contributed by atoms with van der Waals surface area (Å²) >= 11 is 6.27. The van der Waals surface area contributed by atoms with Crippen molar-refractivity contribution in [3.63, 3.8) is 0 Å². The molecule has 1 aliphatic rings. The molecule has 1 saturated heterocycles. The Hall–Kier alpha value is -1.34. The molecule has 0 amide bonds. The van der Waals surface area contributed by atoms with E-state index in [2.05, 4.69) is 17.0 Å². The Morgan fingerprint density at radius 3 is 2.95 bits per heavy atom. The summed E-state index contributed by atoms with van der Waals surface area (Å²) in [5.41, 5.74) is 7.08. The maximum Gasteiger partial charge on any atom is 0.170 e. The Bertz CT molecular complexity index is 524. The maximum absolute atomic E-state index is 9.21. The van der Waals surface area contributed by atoms with Gasteiger partial charge in [0, 0.05) is 29.7 Å². The van der Waals surface area contributed by atoms with Gasteiger partial charge in [0.05, 0.1) is 19.3 Å². The number of hydrogen-bond acceptors (Lipinski definition) is 5. The lowest BCUT2D eigenvalue weighted by molar-refractivity contribution is -0.0805. The molecule has 1 aromatic carbocycles. The average Bonchev–Trinajstić information content (AvgIpc) is 2.50. The van der Waals surface area contributed by atoms with Gasteiger partial charge in [0.25, 0.3) is 0 Å². The van der Waals surface area contributed by atoms with Gasteiger partial charge < -0.3 is 20.8 Å². The van der Waals surface area contributed by atoms with Crippen molar-refractivity contribution in [1.29, 1.82) is 0 Å². The quantitative estimate of drug-likeness (QED) is 0.334. The van der Waals surface area contributed by atoms with Crippen LogP contribution in [0.4, 0.5) is 0 Å². The molecule has 0 bridgehead atoms. The molecule has 0 spiro atoms. The van der Waals surface area contributed by atoms with Gasteiger partial charge in [0.15, 0.2) is 5.84 Å². The summed E-state index contributed by atoms with van der Waals surface area (Å²) in [6.45, 7) is 4.00. The molecule has 0 aliphatic carbocycles. The van der Waals surface area contributed by atoms with Gasteiger partial charge in [-0.3, -0.25) is 4.90 Å². The van der Waals surface area contributed by atoms with Gasteiger partial charge >= 0.3 is 0 Å². The van der Waals surface area contributed by atoms with Crippen LogP contribution in [0.5, 0.6) is 0 Å². The van der Waals surface area contributed by atoms with Crippen LogP contribution in [0.25, 0.3) is 0 Å². The van der Waals surface area contributed by atoms with Crippen molar-refractivity contribution in [2.75, 3.05) is 19.8 Å².